The van der Waals surface area contributed by atoms with Crippen molar-refractivity contribution in [2.75, 3.05) is 7.11 Å². The van der Waals surface area contributed by atoms with Gasteiger partial charge in [0.15, 0.2) is 5.71 Å². The molecule has 2 rings (SSSR count). The first-order valence-electron chi connectivity index (χ1n) is 6.23. The molecule has 5 heteroatoms. The minimum Gasteiger partial charge on any atom is -0.487 e. The predicted octanol–water partition coefficient (Wildman–Crippen LogP) is 3.79. The number of hydrogen-bond acceptors (Lipinski definition) is 4. The van der Waals surface area contributed by atoms with Gasteiger partial charge in [0.1, 0.15) is 25.5 Å². The Hall–Kier alpha value is -2.51. The Morgan fingerprint density at radius 2 is 1.90 bits per heavy atom. The largest absolute Gasteiger partial charge is 0.487 e. The molecular formula is C16H13ClN2O2. The summed E-state index contributed by atoms with van der Waals surface area (Å²) in [6, 6.07) is 16.6. The third-order valence-electron chi connectivity index (χ3n) is 2.78. The fourth-order valence-electron chi connectivity index (χ4n) is 1.82. The lowest BCUT2D eigenvalue weighted by atomic mass is 10.0. The molecule has 0 unspecified atom stereocenters. The molecule has 0 aliphatic heterocycles. The lowest BCUT2D eigenvalue weighted by molar-refractivity contribution is 0.214. The van der Waals surface area contributed by atoms with E-state index in [1.54, 1.807) is 18.2 Å². The summed E-state index contributed by atoms with van der Waals surface area (Å²) in [5.74, 6) is 0.594. The van der Waals surface area contributed by atoms with Gasteiger partial charge in [-0.25, -0.2) is 0 Å². The number of hydrogen-bond donors (Lipinski definition) is 0. The first kappa shape index (κ1) is 14.9. The van der Waals surface area contributed by atoms with E-state index in [1.165, 1.54) is 7.11 Å². The summed E-state index contributed by atoms with van der Waals surface area (Å²) in [5, 5.41) is 13.4. The van der Waals surface area contributed by atoms with Crippen LogP contribution in [0, 0.1) is 11.3 Å². The lowest BCUT2D eigenvalue weighted by Crippen LogP contribution is -2.06. The number of rotatable bonds is 5. The van der Waals surface area contributed by atoms with Crippen molar-refractivity contribution in [3.05, 3.63) is 64.7 Å². The summed E-state index contributed by atoms with van der Waals surface area (Å²) in [6.07, 6.45) is 0. The number of para-hydroxylation sites is 1. The van der Waals surface area contributed by atoms with E-state index in [-0.39, 0.29) is 12.3 Å². The molecule has 0 saturated heterocycles. The summed E-state index contributed by atoms with van der Waals surface area (Å²) in [5.41, 5.74) is 1.71. The second-order valence-electron chi connectivity index (χ2n) is 4.11. The third-order valence-corrected chi connectivity index (χ3v) is 3.09. The lowest BCUT2D eigenvalue weighted by Gasteiger charge is -2.10. The van der Waals surface area contributed by atoms with Crippen molar-refractivity contribution >= 4 is 17.3 Å². The van der Waals surface area contributed by atoms with E-state index in [1.807, 2.05) is 36.4 Å². The average molecular weight is 301 g/mol. The second-order valence-corrected chi connectivity index (χ2v) is 4.52. The van der Waals surface area contributed by atoms with E-state index in [0.717, 1.165) is 5.56 Å². The highest BCUT2D eigenvalue weighted by Gasteiger charge is 2.10. The van der Waals surface area contributed by atoms with Crippen LogP contribution in [0.25, 0.3) is 0 Å². The van der Waals surface area contributed by atoms with Gasteiger partial charge in [0.05, 0.1) is 5.02 Å². The summed E-state index contributed by atoms with van der Waals surface area (Å²) < 4.78 is 5.70. The van der Waals surface area contributed by atoms with Gasteiger partial charge in [-0.1, -0.05) is 53.2 Å². The van der Waals surface area contributed by atoms with E-state index >= 15 is 0 Å². The molecule has 0 aliphatic carbocycles. The molecule has 0 bridgehead atoms. The number of oxime groups is 1. The van der Waals surface area contributed by atoms with Crippen LogP contribution in [-0.2, 0) is 11.4 Å². The van der Waals surface area contributed by atoms with Gasteiger partial charge in [0, 0.05) is 5.56 Å². The van der Waals surface area contributed by atoms with Crippen LogP contribution in [0.15, 0.2) is 53.7 Å². The van der Waals surface area contributed by atoms with Crippen molar-refractivity contribution in [3.63, 3.8) is 0 Å². The molecule has 0 saturated carbocycles. The summed E-state index contributed by atoms with van der Waals surface area (Å²) >= 11 is 6.05. The van der Waals surface area contributed by atoms with Crippen molar-refractivity contribution in [1.82, 2.24) is 0 Å². The molecule has 0 N–H and O–H groups in total. The Bertz CT molecular complexity index is 693. The first-order valence-corrected chi connectivity index (χ1v) is 6.61. The number of nitrogens with zero attached hydrogens (tertiary/aromatic N) is 2. The van der Waals surface area contributed by atoms with Crippen molar-refractivity contribution in [2.45, 2.75) is 6.61 Å². The highest BCUT2D eigenvalue weighted by Crippen LogP contribution is 2.24. The van der Waals surface area contributed by atoms with Crippen LogP contribution in [0.2, 0.25) is 5.02 Å². The average Bonchev–Trinajstić information content (AvgIpc) is 2.52. The highest BCUT2D eigenvalue weighted by molar-refractivity contribution is 6.32. The van der Waals surface area contributed by atoms with E-state index in [0.29, 0.717) is 16.3 Å². The molecule has 0 heterocycles. The zero-order chi connectivity index (χ0) is 15.1. The van der Waals surface area contributed by atoms with Crippen molar-refractivity contribution in [1.29, 1.82) is 5.26 Å². The minimum absolute atomic E-state index is 0.204. The molecule has 0 atom stereocenters. The van der Waals surface area contributed by atoms with Gasteiger partial charge in [-0.2, -0.15) is 5.26 Å². The zero-order valence-electron chi connectivity index (χ0n) is 11.4. The maximum Gasteiger partial charge on any atom is 0.187 e. The van der Waals surface area contributed by atoms with Gasteiger partial charge >= 0.3 is 0 Å². The van der Waals surface area contributed by atoms with Crippen molar-refractivity contribution in [2.24, 2.45) is 5.16 Å². The molecule has 2 aromatic rings. The quantitative estimate of drug-likeness (QED) is 0.623. The van der Waals surface area contributed by atoms with E-state index in [9.17, 15) is 0 Å². The first-order chi connectivity index (χ1) is 10.3. The Morgan fingerprint density at radius 3 is 2.62 bits per heavy atom. The molecule has 0 aromatic heterocycles. The Labute approximate surface area is 128 Å². The highest BCUT2D eigenvalue weighted by atomic mass is 35.5. The van der Waals surface area contributed by atoms with Crippen LogP contribution in [0.5, 0.6) is 5.75 Å². The van der Waals surface area contributed by atoms with E-state index < -0.39 is 0 Å². The molecule has 0 fully saturated rings. The van der Waals surface area contributed by atoms with Crippen LogP contribution >= 0.6 is 11.6 Å². The molecule has 0 spiro atoms. The van der Waals surface area contributed by atoms with Gasteiger partial charge in [0.25, 0.3) is 0 Å². The monoisotopic (exact) mass is 300 g/mol. The number of ether oxygens (including phenoxy) is 1. The molecule has 0 aliphatic rings. The maximum absolute atomic E-state index is 9.14. The van der Waals surface area contributed by atoms with Crippen LogP contribution in [0.1, 0.15) is 11.1 Å². The smallest absolute Gasteiger partial charge is 0.187 e. The molecule has 4 nitrogen and oxygen atoms in total. The molecular weight excluding hydrogens is 288 g/mol. The van der Waals surface area contributed by atoms with Gasteiger partial charge in [0.2, 0.25) is 0 Å². The Kier molecular flexibility index (Phi) is 5.19. The molecule has 0 amide bonds. The van der Waals surface area contributed by atoms with Gasteiger partial charge in [-0.15, -0.1) is 0 Å². The maximum atomic E-state index is 9.14. The van der Waals surface area contributed by atoms with Gasteiger partial charge in [-0.3, -0.25) is 0 Å². The van der Waals surface area contributed by atoms with Gasteiger partial charge < -0.3 is 9.57 Å². The van der Waals surface area contributed by atoms with E-state index in [4.69, 9.17) is 21.6 Å². The number of benzene rings is 2. The van der Waals surface area contributed by atoms with Gasteiger partial charge in [-0.05, 0) is 17.7 Å². The Morgan fingerprint density at radius 1 is 1.19 bits per heavy atom. The molecule has 106 valence electrons. The fourth-order valence-corrected chi connectivity index (χ4v) is 2.01. The summed E-state index contributed by atoms with van der Waals surface area (Å²) in [6.45, 7) is 0.282. The topological polar surface area (TPSA) is 54.6 Å². The van der Waals surface area contributed by atoms with Crippen LogP contribution < -0.4 is 4.74 Å². The van der Waals surface area contributed by atoms with Crippen molar-refractivity contribution in [3.8, 4) is 11.8 Å². The predicted molar refractivity (Wildman–Crippen MR) is 81.4 cm³/mol. The minimum atomic E-state index is 0.204. The number of halogens is 1. The molecule has 0 radical (unpaired) electrons. The zero-order valence-corrected chi connectivity index (χ0v) is 12.2. The third kappa shape index (κ3) is 3.74. The standard InChI is InChI=1S/C16H13ClN2O2/c1-20-19-15(10-18)13-7-3-2-6-12(13)11-21-16-9-5-4-8-14(16)17/h2-9H,11H2,1H3. The fraction of sp³-hybridized carbons (Fsp3) is 0.125. The van der Waals surface area contributed by atoms with Crippen LogP contribution in [0.4, 0.5) is 0 Å². The SMILES string of the molecule is CON=C(C#N)c1ccccc1COc1ccccc1Cl. The molecule has 21 heavy (non-hydrogen) atoms. The Balaban J connectivity index is 2.24. The second kappa shape index (κ2) is 7.32. The number of nitriles is 1. The summed E-state index contributed by atoms with van der Waals surface area (Å²) in [4.78, 5) is 4.69. The normalized spacial score (nSPS) is 10.8. The molecule has 2 aromatic carbocycles. The van der Waals surface area contributed by atoms with E-state index in [2.05, 4.69) is 9.99 Å². The van der Waals surface area contributed by atoms with Crippen molar-refractivity contribution < 1.29 is 9.57 Å². The van der Waals surface area contributed by atoms with Crippen LogP contribution in [0.3, 0.4) is 0 Å². The summed E-state index contributed by atoms with van der Waals surface area (Å²) in [7, 11) is 1.40. The van der Waals surface area contributed by atoms with Crippen LogP contribution in [-0.4, -0.2) is 12.8 Å².